The first-order chi connectivity index (χ1) is 5.24. The van der Waals surface area contributed by atoms with Crippen molar-refractivity contribution in [2.75, 3.05) is 0 Å². The summed E-state index contributed by atoms with van der Waals surface area (Å²) in [4.78, 5) is 4.16. The lowest BCUT2D eigenvalue weighted by Crippen LogP contribution is -2.10. The van der Waals surface area contributed by atoms with E-state index in [1.807, 2.05) is 19.1 Å². The van der Waals surface area contributed by atoms with Gasteiger partial charge in [-0.25, -0.2) is 0 Å². The Bertz CT molecular complexity index is 242. The van der Waals surface area contributed by atoms with Gasteiger partial charge in [0.1, 0.15) is 0 Å². The topological polar surface area (TPSA) is 38.9 Å². The van der Waals surface area contributed by atoms with E-state index >= 15 is 0 Å². The van der Waals surface area contributed by atoms with Crippen LogP contribution in [-0.2, 0) is 0 Å². The van der Waals surface area contributed by atoms with Gasteiger partial charge in [0.15, 0.2) is 0 Å². The van der Waals surface area contributed by atoms with Crippen LogP contribution in [0.2, 0.25) is 0 Å². The minimum absolute atomic E-state index is 0. The maximum absolute atomic E-state index is 5.78. The second-order valence-electron chi connectivity index (χ2n) is 2.41. The Morgan fingerprint density at radius 2 is 2.33 bits per heavy atom. The second kappa shape index (κ2) is 5.51. The minimum atomic E-state index is 0. The summed E-state index contributed by atoms with van der Waals surface area (Å²) in [5, 5.41) is 0. The van der Waals surface area contributed by atoms with Gasteiger partial charge in [-0.1, -0.05) is 22.9 Å². The molecule has 1 aromatic heterocycles. The minimum Gasteiger partial charge on any atom is -0.323 e. The molecule has 2 nitrogen and oxygen atoms in total. The molecule has 12 heavy (non-hydrogen) atoms. The van der Waals surface area contributed by atoms with E-state index in [1.54, 1.807) is 6.20 Å². The van der Waals surface area contributed by atoms with Crippen LogP contribution in [0.25, 0.3) is 0 Å². The molecule has 0 saturated heterocycles. The molecular weight excluding hydrogens is 239 g/mol. The van der Waals surface area contributed by atoms with Crippen LogP contribution >= 0.6 is 28.3 Å². The molecular formula is C8H12BrClN2. The zero-order valence-electron chi connectivity index (χ0n) is 6.83. The maximum atomic E-state index is 5.78. The fourth-order valence-corrected chi connectivity index (χ4v) is 1.19. The average molecular weight is 252 g/mol. The predicted octanol–water partition coefficient (Wildman–Crippen LogP) is 2.68. The molecule has 2 N–H and O–H groups in total. The Labute approximate surface area is 87.1 Å². The van der Waals surface area contributed by atoms with E-state index in [4.69, 9.17) is 5.73 Å². The molecule has 0 bridgehead atoms. The molecule has 0 spiro atoms. The number of hydrogen-bond acceptors (Lipinski definition) is 2. The third-order valence-electron chi connectivity index (χ3n) is 1.56. The lowest BCUT2D eigenvalue weighted by molar-refractivity contribution is 0.675. The van der Waals surface area contributed by atoms with Crippen molar-refractivity contribution in [3.8, 4) is 0 Å². The highest BCUT2D eigenvalue weighted by molar-refractivity contribution is 9.10. The van der Waals surface area contributed by atoms with Gasteiger partial charge in [-0.3, -0.25) is 4.98 Å². The summed E-state index contributed by atoms with van der Waals surface area (Å²) in [6.07, 6.45) is 2.68. The highest BCUT2D eigenvalue weighted by Gasteiger charge is 2.03. The van der Waals surface area contributed by atoms with Crippen molar-refractivity contribution in [3.05, 3.63) is 28.5 Å². The summed E-state index contributed by atoms with van der Waals surface area (Å²) < 4.78 is 1.03. The van der Waals surface area contributed by atoms with Crippen molar-refractivity contribution in [2.45, 2.75) is 19.4 Å². The molecule has 0 amide bonds. The van der Waals surface area contributed by atoms with Crippen molar-refractivity contribution in [2.24, 2.45) is 5.73 Å². The van der Waals surface area contributed by atoms with Gasteiger partial charge in [0.25, 0.3) is 0 Å². The van der Waals surface area contributed by atoms with Crippen LogP contribution < -0.4 is 5.73 Å². The molecule has 0 fully saturated rings. The van der Waals surface area contributed by atoms with Crippen molar-refractivity contribution < 1.29 is 0 Å². The lowest BCUT2D eigenvalue weighted by Gasteiger charge is -2.06. The second-order valence-corrected chi connectivity index (χ2v) is 3.33. The smallest absolute Gasteiger partial charge is 0.0582 e. The van der Waals surface area contributed by atoms with Gasteiger partial charge in [0.05, 0.1) is 5.69 Å². The molecule has 1 rings (SSSR count). The van der Waals surface area contributed by atoms with E-state index in [9.17, 15) is 0 Å². The highest BCUT2D eigenvalue weighted by atomic mass is 79.9. The first-order valence-electron chi connectivity index (χ1n) is 3.61. The lowest BCUT2D eigenvalue weighted by atomic mass is 10.1. The SMILES string of the molecule is CCC(N)c1cc(Br)ccn1.Cl. The molecule has 1 unspecified atom stereocenters. The molecule has 0 aromatic carbocycles. The normalized spacial score (nSPS) is 11.9. The summed E-state index contributed by atoms with van der Waals surface area (Å²) in [5.74, 6) is 0. The van der Waals surface area contributed by atoms with Gasteiger partial charge in [0, 0.05) is 16.7 Å². The van der Waals surface area contributed by atoms with Crippen LogP contribution in [0.5, 0.6) is 0 Å². The van der Waals surface area contributed by atoms with Crippen LogP contribution in [0, 0.1) is 0 Å². The zero-order chi connectivity index (χ0) is 8.27. The molecule has 4 heteroatoms. The summed E-state index contributed by atoms with van der Waals surface area (Å²) >= 11 is 3.36. The summed E-state index contributed by atoms with van der Waals surface area (Å²) in [5.41, 5.74) is 6.73. The van der Waals surface area contributed by atoms with Gasteiger partial charge < -0.3 is 5.73 Å². The van der Waals surface area contributed by atoms with Crippen molar-refractivity contribution in [3.63, 3.8) is 0 Å². The molecule has 1 atom stereocenters. The summed E-state index contributed by atoms with van der Waals surface area (Å²) in [6.45, 7) is 2.05. The van der Waals surface area contributed by atoms with Crippen LogP contribution in [-0.4, -0.2) is 4.98 Å². The van der Waals surface area contributed by atoms with Gasteiger partial charge in [-0.2, -0.15) is 0 Å². The number of hydrogen-bond donors (Lipinski definition) is 1. The van der Waals surface area contributed by atoms with Crippen LogP contribution in [0.3, 0.4) is 0 Å². The third-order valence-corrected chi connectivity index (χ3v) is 2.06. The van der Waals surface area contributed by atoms with E-state index < -0.39 is 0 Å². The summed E-state index contributed by atoms with van der Waals surface area (Å²) in [7, 11) is 0. The van der Waals surface area contributed by atoms with Gasteiger partial charge in [0.2, 0.25) is 0 Å². The Morgan fingerprint density at radius 3 is 2.83 bits per heavy atom. The van der Waals surface area contributed by atoms with E-state index in [-0.39, 0.29) is 18.4 Å². The molecule has 0 radical (unpaired) electrons. The van der Waals surface area contributed by atoms with Crippen molar-refractivity contribution in [1.82, 2.24) is 4.98 Å². The molecule has 0 saturated carbocycles. The molecule has 68 valence electrons. The number of rotatable bonds is 2. The number of aromatic nitrogens is 1. The Balaban J connectivity index is 0.00000121. The molecule has 0 aliphatic rings. The van der Waals surface area contributed by atoms with E-state index in [0.717, 1.165) is 16.6 Å². The Hall–Kier alpha value is -0.120. The largest absolute Gasteiger partial charge is 0.323 e. The van der Waals surface area contributed by atoms with E-state index in [2.05, 4.69) is 20.9 Å². The quantitative estimate of drug-likeness (QED) is 0.878. The molecule has 1 heterocycles. The van der Waals surface area contributed by atoms with Crippen molar-refractivity contribution >= 4 is 28.3 Å². The predicted molar refractivity (Wildman–Crippen MR) is 56.4 cm³/mol. The molecule has 0 aliphatic heterocycles. The fourth-order valence-electron chi connectivity index (χ4n) is 0.833. The van der Waals surface area contributed by atoms with Crippen LogP contribution in [0.15, 0.2) is 22.8 Å². The number of nitrogens with two attached hydrogens (primary N) is 1. The number of pyridine rings is 1. The Morgan fingerprint density at radius 1 is 1.67 bits per heavy atom. The fraction of sp³-hybridized carbons (Fsp3) is 0.375. The first kappa shape index (κ1) is 11.9. The van der Waals surface area contributed by atoms with E-state index in [0.29, 0.717) is 0 Å². The van der Waals surface area contributed by atoms with E-state index in [1.165, 1.54) is 0 Å². The van der Waals surface area contributed by atoms with Gasteiger partial charge >= 0.3 is 0 Å². The van der Waals surface area contributed by atoms with Crippen LogP contribution in [0.1, 0.15) is 25.1 Å². The third kappa shape index (κ3) is 3.09. The maximum Gasteiger partial charge on any atom is 0.0582 e. The highest BCUT2D eigenvalue weighted by Crippen LogP contribution is 2.15. The monoisotopic (exact) mass is 250 g/mol. The zero-order valence-corrected chi connectivity index (χ0v) is 9.23. The summed E-state index contributed by atoms with van der Waals surface area (Å²) in [6, 6.07) is 3.91. The van der Waals surface area contributed by atoms with Crippen LogP contribution in [0.4, 0.5) is 0 Å². The first-order valence-corrected chi connectivity index (χ1v) is 4.40. The number of nitrogens with zero attached hydrogens (tertiary/aromatic N) is 1. The standard InChI is InChI=1S/C8H11BrN2.ClH/c1-2-7(10)8-5-6(9)3-4-11-8;/h3-5,7H,2,10H2,1H3;1H. The van der Waals surface area contributed by atoms with Gasteiger partial charge in [-0.15, -0.1) is 12.4 Å². The molecule has 0 aliphatic carbocycles. The van der Waals surface area contributed by atoms with Gasteiger partial charge in [-0.05, 0) is 18.6 Å². The number of halogens is 2. The Kier molecular flexibility index (Phi) is 5.46. The van der Waals surface area contributed by atoms with Crippen molar-refractivity contribution in [1.29, 1.82) is 0 Å². The average Bonchev–Trinajstić information content (AvgIpc) is 2.03. The molecule has 1 aromatic rings.